The van der Waals surface area contributed by atoms with E-state index < -0.39 is 0 Å². The number of likely N-dealkylation sites (tertiary alicyclic amines) is 1. The Bertz CT molecular complexity index is 672. The predicted molar refractivity (Wildman–Crippen MR) is 81.9 cm³/mol. The highest BCUT2D eigenvalue weighted by Crippen LogP contribution is 2.26. The molecule has 0 aliphatic carbocycles. The van der Waals surface area contributed by atoms with Gasteiger partial charge in [0.25, 0.3) is 0 Å². The maximum absolute atomic E-state index is 12.5. The Labute approximate surface area is 135 Å². The Morgan fingerprint density at radius 1 is 1.26 bits per heavy atom. The number of hydrogen-bond acceptors (Lipinski definition) is 6. The first-order valence-electron chi connectivity index (χ1n) is 8.04. The third kappa shape index (κ3) is 3.43. The molecule has 1 amide bonds. The van der Waals surface area contributed by atoms with Crippen LogP contribution in [0.5, 0.6) is 0 Å². The van der Waals surface area contributed by atoms with Crippen LogP contribution >= 0.6 is 0 Å². The van der Waals surface area contributed by atoms with Crippen molar-refractivity contribution in [3.8, 4) is 0 Å². The molecular weight excluding hydrogens is 296 g/mol. The molecule has 2 aromatic heterocycles. The van der Waals surface area contributed by atoms with E-state index in [0.717, 1.165) is 36.4 Å². The minimum atomic E-state index is 0.146. The average molecular weight is 318 g/mol. The number of amides is 1. The second kappa shape index (κ2) is 6.52. The quantitative estimate of drug-likeness (QED) is 0.860. The number of aromatic nitrogens is 3. The number of nitrogens with zero attached hydrogens (tertiary/aromatic N) is 4. The van der Waals surface area contributed by atoms with Gasteiger partial charge < -0.3 is 13.9 Å². The monoisotopic (exact) mass is 318 g/mol. The molecule has 23 heavy (non-hydrogen) atoms. The Balaban J connectivity index is 1.59. The summed E-state index contributed by atoms with van der Waals surface area (Å²) >= 11 is 0. The van der Waals surface area contributed by atoms with Crippen molar-refractivity contribution < 1.29 is 13.8 Å². The predicted octanol–water partition coefficient (Wildman–Crippen LogP) is 2.32. The van der Waals surface area contributed by atoms with Gasteiger partial charge in [0.1, 0.15) is 5.76 Å². The Kier molecular flexibility index (Phi) is 4.45. The van der Waals surface area contributed by atoms with Crippen LogP contribution in [0.25, 0.3) is 0 Å². The number of aryl methyl sites for hydroxylation is 3. The second-order valence-electron chi connectivity index (χ2n) is 6.16. The van der Waals surface area contributed by atoms with Gasteiger partial charge in [-0.1, -0.05) is 10.3 Å². The van der Waals surface area contributed by atoms with Crippen LogP contribution in [0.3, 0.4) is 0 Å². The van der Waals surface area contributed by atoms with E-state index in [9.17, 15) is 4.79 Å². The lowest BCUT2D eigenvalue weighted by Crippen LogP contribution is -2.39. The third-order valence-corrected chi connectivity index (χ3v) is 4.44. The fourth-order valence-corrected chi connectivity index (χ4v) is 3.13. The van der Waals surface area contributed by atoms with Gasteiger partial charge in [0.05, 0.1) is 11.6 Å². The van der Waals surface area contributed by atoms with Gasteiger partial charge in [-0.15, -0.1) is 0 Å². The van der Waals surface area contributed by atoms with Crippen LogP contribution in [0.15, 0.2) is 9.05 Å². The first-order chi connectivity index (χ1) is 11.0. The smallest absolute Gasteiger partial charge is 0.231 e. The van der Waals surface area contributed by atoms with Crippen molar-refractivity contribution in [3.63, 3.8) is 0 Å². The highest BCUT2D eigenvalue weighted by molar-refractivity contribution is 5.76. The lowest BCUT2D eigenvalue weighted by Gasteiger charge is -2.31. The average Bonchev–Trinajstić information content (AvgIpc) is 3.12. The summed E-state index contributed by atoms with van der Waals surface area (Å²) in [5, 5.41) is 7.78. The van der Waals surface area contributed by atoms with Gasteiger partial charge in [-0.3, -0.25) is 4.79 Å². The molecule has 1 aliphatic heterocycles. The molecule has 2 aromatic rings. The molecule has 124 valence electrons. The molecule has 1 unspecified atom stereocenters. The van der Waals surface area contributed by atoms with Crippen molar-refractivity contribution in [2.24, 2.45) is 0 Å². The molecule has 3 heterocycles. The van der Waals surface area contributed by atoms with Crippen molar-refractivity contribution in [1.82, 2.24) is 20.2 Å². The fraction of sp³-hybridized carbons (Fsp3) is 0.625. The van der Waals surface area contributed by atoms with Crippen LogP contribution < -0.4 is 0 Å². The molecular formula is C16H22N4O3. The highest BCUT2D eigenvalue weighted by Gasteiger charge is 2.28. The molecule has 1 saturated heterocycles. The van der Waals surface area contributed by atoms with Crippen molar-refractivity contribution >= 4 is 5.91 Å². The Hall–Kier alpha value is -2.18. The normalized spacial score (nSPS) is 18.4. The van der Waals surface area contributed by atoms with Gasteiger partial charge in [-0.25, -0.2) is 0 Å². The van der Waals surface area contributed by atoms with Crippen LogP contribution in [0, 0.1) is 20.8 Å². The maximum Gasteiger partial charge on any atom is 0.231 e. The molecule has 0 saturated carbocycles. The van der Waals surface area contributed by atoms with Crippen molar-refractivity contribution in [2.45, 2.75) is 52.4 Å². The lowest BCUT2D eigenvalue weighted by atomic mass is 9.97. The molecule has 0 aromatic carbocycles. The molecule has 1 fully saturated rings. The van der Waals surface area contributed by atoms with Gasteiger partial charge >= 0.3 is 0 Å². The van der Waals surface area contributed by atoms with E-state index in [2.05, 4.69) is 15.3 Å². The van der Waals surface area contributed by atoms with Gasteiger partial charge in [-0.2, -0.15) is 4.98 Å². The summed E-state index contributed by atoms with van der Waals surface area (Å²) in [5.74, 6) is 2.39. The van der Waals surface area contributed by atoms with E-state index >= 15 is 0 Å². The zero-order chi connectivity index (χ0) is 16.4. The first-order valence-corrected chi connectivity index (χ1v) is 8.04. The van der Waals surface area contributed by atoms with E-state index in [-0.39, 0.29) is 11.8 Å². The zero-order valence-electron chi connectivity index (χ0n) is 13.8. The highest BCUT2D eigenvalue weighted by atomic mass is 16.5. The van der Waals surface area contributed by atoms with Gasteiger partial charge in [-0.05, 0) is 40.0 Å². The van der Waals surface area contributed by atoms with Crippen LogP contribution in [0.4, 0.5) is 0 Å². The maximum atomic E-state index is 12.5. The molecule has 0 spiro atoms. The first kappa shape index (κ1) is 15.7. The molecule has 1 atom stereocenters. The minimum absolute atomic E-state index is 0.146. The van der Waals surface area contributed by atoms with Crippen LogP contribution in [0.1, 0.15) is 53.9 Å². The molecule has 0 bridgehead atoms. The summed E-state index contributed by atoms with van der Waals surface area (Å²) in [6.45, 7) is 7.05. The summed E-state index contributed by atoms with van der Waals surface area (Å²) in [6.07, 6.45) is 3.08. The van der Waals surface area contributed by atoms with Crippen molar-refractivity contribution in [1.29, 1.82) is 0 Å². The van der Waals surface area contributed by atoms with Gasteiger partial charge in [0.2, 0.25) is 11.8 Å². The molecule has 3 rings (SSSR count). The van der Waals surface area contributed by atoms with E-state index in [4.69, 9.17) is 9.05 Å². The van der Waals surface area contributed by atoms with Crippen molar-refractivity contribution in [3.05, 3.63) is 28.7 Å². The topological polar surface area (TPSA) is 85.3 Å². The molecule has 0 radical (unpaired) electrons. The SMILES string of the molecule is Cc1noc(C2CCCN(C(=O)CCc3c(C)noc3C)C2)n1. The number of carbonyl (C=O) groups is 1. The summed E-state index contributed by atoms with van der Waals surface area (Å²) in [4.78, 5) is 18.7. The van der Waals surface area contributed by atoms with E-state index in [0.29, 0.717) is 31.1 Å². The molecule has 0 N–H and O–H groups in total. The number of piperidine rings is 1. The molecule has 1 aliphatic rings. The molecule has 7 nitrogen and oxygen atoms in total. The zero-order valence-corrected chi connectivity index (χ0v) is 13.8. The standard InChI is InChI=1S/C16H22N4O3/c1-10-14(11(2)22-18-10)6-7-15(21)20-8-4-5-13(9-20)16-17-12(3)19-23-16/h13H,4-9H2,1-3H3. The summed E-state index contributed by atoms with van der Waals surface area (Å²) in [5.41, 5.74) is 1.91. The Morgan fingerprint density at radius 2 is 2.09 bits per heavy atom. The summed E-state index contributed by atoms with van der Waals surface area (Å²) < 4.78 is 10.4. The second-order valence-corrected chi connectivity index (χ2v) is 6.16. The van der Waals surface area contributed by atoms with Crippen LogP contribution in [-0.2, 0) is 11.2 Å². The number of carbonyl (C=O) groups excluding carboxylic acids is 1. The van der Waals surface area contributed by atoms with E-state index in [1.54, 1.807) is 0 Å². The number of hydrogen-bond donors (Lipinski definition) is 0. The van der Waals surface area contributed by atoms with Crippen LogP contribution in [-0.4, -0.2) is 39.2 Å². The van der Waals surface area contributed by atoms with E-state index in [1.807, 2.05) is 25.7 Å². The molecule has 7 heteroatoms. The van der Waals surface area contributed by atoms with Gasteiger partial charge in [0.15, 0.2) is 5.82 Å². The third-order valence-electron chi connectivity index (χ3n) is 4.44. The van der Waals surface area contributed by atoms with E-state index in [1.165, 1.54) is 0 Å². The largest absolute Gasteiger partial charge is 0.361 e. The minimum Gasteiger partial charge on any atom is -0.361 e. The summed E-state index contributed by atoms with van der Waals surface area (Å²) in [6, 6.07) is 0. The summed E-state index contributed by atoms with van der Waals surface area (Å²) in [7, 11) is 0. The fourth-order valence-electron chi connectivity index (χ4n) is 3.13. The van der Waals surface area contributed by atoms with Gasteiger partial charge in [0, 0.05) is 25.1 Å². The van der Waals surface area contributed by atoms with Crippen LogP contribution in [0.2, 0.25) is 0 Å². The lowest BCUT2D eigenvalue weighted by molar-refractivity contribution is -0.132. The number of rotatable bonds is 4. The van der Waals surface area contributed by atoms with Crippen molar-refractivity contribution in [2.75, 3.05) is 13.1 Å². The Morgan fingerprint density at radius 3 is 2.74 bits per heavy atom.